The van der Waals surface area contributed by atoms with E-state index < -0.39 is 10.0 Å². The van der Waals surface area contributed by atoms with E-state index >= 15 is 0 Å². The van der Waals surface area contributed by atoms with E-state index in [1.54, 1.807) is 25.1 Å². The van der Waals surface area contributed by atoms with Gasteiger partial charge in [0.15, 0.2) is 0 Å². The Hall–Kier alpha value is -1.44. The van der Waals surface area contributed by atoms with Gasteiger partial charge in [0, 0.05) is 31.9 Å². The van der Waals surface area contributed by atoms with Crippen molar-refractivity contribution < 1.29 is 13.2 Å². The summed E-state index contributed by atoms with van der Waals surface area (Å²) >= 11 is 0. The number of rotatable bonds is 7. The molecule has 1 heterocycles. The van der Waals surface area contributed by atoms with E-state index in [0.717, 1.165) is 13.1 Å². The number of carbonyl (C=O) groups is 1. The summed E-state index contributed by atoms with van der Waals surface area (Å²) in [6.07, 6.45) is 1.20. The van der Waals surface area contributed by atoms with Gasteiger partial charge in [-0.05, 0) is 42.9 Å². The number of aryl methyl sites for hydroxylation is 1. The summed E-state index contributed by atoms with van der Waals surface area (Å²) in [5.74, 6) is 1.07. The highest BCUT2D eigenvalue weighted by Gasteiger charge is 2.25. The van der Waals surface area contributed by atoms with Gasteiger partial charge in [-0.3, -0.25) is 9.69 Å². The van der Waals surface area contributed by atoms with Crippen molar-refractivity contribution in [3.63, 3.8) is 0 Å². The first kappa shape index (κ1) is 21.9. The number of likely N-dealkylation sites (tertiary alicyclic amines) is 1. The molecule has 6 nitrogen and oxygen atoms in total. The number of benzene rings is 1. The van der Waals surface area contributed by atoms with E-state index in [0.29, 0.717) is 42.7 Å². The molecule has 2 atom stereocenters. The van der Waals surface area contributed by atoms with Crippen molar-refractivity contribution in [3.8, 4) is 0 Å². The molecule has 1 fully saturated rings. The van der Waals surface area contributed by atoms with Crippen LogP contribution < -0.4 is 5.32 Å². The molecule has 0 aromatic heterocycles. The van der Waals surface area contributed by atoms with Gasteiger partial charge >= 0.3 is 0 Å². The first-order chi connectivity index (χ1) is 12.7. The minimum absolute atomic E-state index is 0.105. The molecule has 1 aromatic rings. The third-order valence-corrected chi connectivity index (χ3v) is 7.30. The van der Waals surface area contributed by atoms with Crippen LogP contribution in [0, 0.1) is 18.8 Å². The quantitative estimate of drug-likeness (QED) is 0.771. The average Bonchev–Trinajstić information content (AvgIpc) is 2.56. The van der Waals surface area contributed by atoms with Crippen molar-refractivity contribution in [2.24, 2.45) is 11.8 Å². The third-order valence-electron chi connectivity index (χ3n) is 5.11. The molecule has 1 aliphatic rings. The maximum Gasteiger partial charge on any atom is 0.243 e. The van der Waals surface area contributed by atoms with Crippen LogP contribution in [0.5, 0.6) is 0 Å². The first-order valence-electron chi connectivity index (χ1n) is 9.80. The molecule has 1 aliphatic heterocycles. The Morgan fingerprint density at radius 3 is 2.33 bits per heavy atom. The molecule has 0 unspecified atom stereocenters. The number of carbonyl (C=O) groups excluding carboxylic acids is 1. The van der Waals surface area contributed by atoms with Crippen LogP contribution in [0.2, 0.25) is 0 Å². The molecular formula is C20H33N3O3S. The highest BCUT2D eigenvalue weighted by molar-refractivity contribution is 7.89. The number of hydrogen-bond donors (Lipinski definition) is 1. The van der Waals surface area contributed by atoms with E-state index in [4.69, 9.17) is 0 Å². The van der Waals surface area contributed by atoms with Gasteiger partial charge in [0.05, 0.1) is 11.4 Å². The van der Waals surface area contributed by atoms with Crippen molar-refractivity contribution >= 4 is 21.6 Å². The Morgan fingerprint density at radius 2 is 1.78 bits per heavy atom. The summed E-state index contributed by atoms with van der Waals surface area (Å²) in [5.41, 5.74) is 1.20. The van der Waals surface area contributed by atoms with Crippen molar-refractivity contribution in [1.82, 2.24) is 9.21 Å². The van der Waals surface area contributed by atoms with E-state index in [9.17, 15) is 13.2 Å². The maximum atomic E-state index is 12.8. The summed E-state index contributed by atoms with van der Waals surface area (Å²) < 4.78 is 27.1. The summed E-state index contributed by atoms with van der Waals surface area (Å²) in [7, 11) is -3.56. The normalized spacial score (nSPS) is 21.4. The number of anilines is 1. The molecule has 152 valence electrons. The second kappa shape index (κ2) is 9.17. The van der Waals surface area contributed by atoms with Crippen molar-refractivity contribution in [2.75, 3.05) is 38.0 Å². The molecule has 0 aliphatic carbocycles. The number of sulfonamides is 1. The fraction of sp³-hybridized carbons (Fsp3) is 0.650. The van der Waals surface area contributed by atoms with Crippen molar-refractivity contribution in [1.29, 1.82) is 0 Å². The Morgan fingerprint density at radius 1 is 1.19 bits per heavy atom. The minimum atomic E-state index is -3.56. The van der Waals surface area contributed by atoms with Gasteiger partial charge in [0.25, 0.3) is 0 Å². The molecule has 1 N–H and O–H groups in total. The lowest BCUT2D eigenvalue weighted by molar-refractivity contribution is -0.117. The van der Waals surface area contributed by atoms with Crippen LogP contribution in [0.4, 0.5) is 5.69 Å². The van der Waals surface area contributed by atoms with Gasteiger partial charge in [-0.1, -0.05) is 33.8 Å². The molecule has 0 saturated carbocycles. The molecule has 1 saturated heterocycles. The van der Waals surface area contributed by atoms with E-state index in [1.165, 1.54) is 10.7 Å². The lowest BCUT2D eigenvalue weighted by atomic mass is 9.92. The van der Waals surface area contributed by atoms with Crippen molar-refractivity contribution in [2.45, 2.75) is 45.9 Å². The molecule has 0 bridgehead atoms. The van der Waals surface area contributed by atoms with Crippen LogP contribution in [0.3, 0.4) is 0 Å². The topological polar surface area (TPSA) is 69.7 Å². The van der Waals surface area contributed by atoms with Gasteiger partial charge in [0.2, 0.25) is 15.9 Å². The number of nitrogens with zero attached hydrogens (tertiary/aromatic N) is 2. The summed E-state index contributed by atoms with van der Waals surface area (Å²) in [4.78, 5) is 14.9. The fourth-order valence-corrected chi connectivity index (χ4v) is 5.69. The van der Waals surface area contributed by atoms with E-state index in [1.807, 2.05) is 13.8 Å². The average molecular weight is 396 g/mol. The molecular weight excluding hydrogens is 362 g/mol. The third kappa shape index (κ3) is 5.53. The second-order valence-electron chi connectivity index (χ2n) is 7.76. The predicted octanol–water partition coefficient (Wildman–Crippen LogP) is 2.94. The molecule has 1 aromatic carbocycles. The minimum Gasteiger partial charge on any atom is -0.325 e. The largest absolute Gasteiger partial charge is 0.325 e. The van der Waals surface area contributed by atoms with Gasteiger partial charge in [-0.2, -0.15) is 4.31 Å². The Bertz CT molecular complexity index is 750. The summed E-state index contributed by atoms with van der Waals surface area (Å²) in [6, 6.07) is 5.08. The van der Waals surface area contributed by atoms with Crippen LogP contribution >= 0.6 is 0 Å². The Balaban J connectivity index is 2.12. The second-order valence-corrected chi connectivity index (χ2v) is 9.66. The monoisotopic (exact) mass is 395 g/mol. The van der Waals surface area contributed by atoms with Gasteiger partial charge < -0.3 is 5.32 Å². The zero-order valence-corrected chi connectivity index (χ0v) is 18.0. The van der Waals surface area contributed by atoms with Crippen LogP contribution in [-0.2, 0) is 14.8 Å². The number of hydrogen-bond acceptors (Lipinski definition) is 4. The molecule has 0 radical (unpaired) electrons. The highest BCUT2D eigenvalue weighted by atomic mass is 32.2. The Labute approximate surface area is 164 Å². The molecule has 1 amide bonds. The SMILES string of the molecule is CCN(CC)S(=O)(=O)c1cc(NC(=O)CN2C[C@H](C)C[C@H](C)C2)ccc1C. The number of nitrogens with one attached hydrogen (secondary N) is 1. The zero-order valence-electron chi connectivity index (χ0n) is 17.2. The maximum absolute atomic E-state index is 12.8. The van der Waals surface area contributed by atoms with Crippen LogP contribution in [0.1, 0.15) is 39.7 Å². The standard InChI is InChI=1S/C20H33N3O3S/c1-6-23(7-2)27(25,26)19-11-18(9-8-17(19)5)21-20(24)14-22-12-15(3)10-16(4)13-22/h8-9,11,15-16H,6-7,10,12-14H2,1-5H3,(H,21,24)/t15-,16+. The number of amides is 1. The van der Waals surface area contributed by atoms with Crippen LogP contribution in [0.15, 0.2) is 23.1 Å². The van der Waals surface area contributed by atoms with Crippen molar-refractivity contribution in [3.05, 3.63) is 23.8 Å². The summed E-state index contributed by atoms with van der Waals surface area (Å²) in [5, 5.41) is 2.87. The van der Waals surface area contributed by atoms with Gasteiger partial charge in [-0.15, -0.1) is 0 Å². The van der Waals surface area contributed by atoms with E-state index in [-0.39, 0.29) is 10.8 Å². The smallest absolute Gasteiger partial charge is 0.243 e. The summed E-state index contributed by atoms with van der Waals surface area (Å²) in [6.45, 7) is 12.9. The lowest BCUT2D eigenvalue weighted by Gasteiger charge is -2.34. The van der Waals surface area contributed by atoms with E-state index in [2.05, 4.69) is 24.1 Å². The number of piperidine rings is 1. The van der Waals surface area contributed by atoms with Gasteiger partial charge in [-0.25, -0.2) is 8.42 Å². The predicted molar refractivity (Wildman–Crippen MR) is 109 cm³/mol. The molecule has 7 heteroatoms. The lowest BCUT2D eigenvalue weighted by Crippen LogP contribution is -2.42. The molecule has 0 spiro atoms. The highest BCUT2D eigenvalue weighted by Crippen LogP contribution is 2.24. The first-order valence-corrected chi connectivity index (χ1v) is 11.2. The van der Waals surface area contributed by atoms with Crippen LogP contribution in [0.25, 0.3) is 0 Å². The zero-order chi connectivity index (χ0) is 20.2. The molecule has 27 heavy (non-hydrogen) atoms. The molecule has 2 rings (SSSR count). The van der Waals surface area contributed by atoms with Crippen LogP contribution in [-0.4, -0.2) is 56.3 Å². The fourth-order valence-electron chi connectivity index (χ4n) is 3.98. The van der Waals surface area contributed by atoms with Gasteiger partial charge in [0.1, 0.15) is 0 Å². The Kier molecular flexibility index (Phi) is 7.42.